The summed E-state index contributed by atoms with van der Waals surface area (Å²) in [6.45, 7) is 1.18. The maximum absolute atomic E-state index is 6.30. The largest absolute Gasteiger partial charge is 0.365 e. The summed E-state index contributed by atoms with van der Waals surface area (Å²) in [5, 5.41) is 11.9. The fourth-order valence-corrected chi connectivity index (χ4v) is 3.31. The lowest BCUT2D eigenvalue weighted by molar-refractivity contribution is 0.756. The van der Waals surface area contributed by atoms with Gasteiger partial charge < -0.3 is 16.4 Å². The van der Waals surface area contributed by atoms with Gasteiger partial charge in [0.2, 0.25) is 5.95 Å². The van der Waals surface area contributed by atoms with E-state index in [1.54, 1.807) is 10.9 Å². The van der Waals surface area contributed by atoms with Crippen LogP contribution in [0.15, 0.2) is 65.3 Å². The van der Waals surface area contributed by atoms with Gasteiger partial charge in [0.15, 0.2) is 5.65 Å². The zero-order valence-electron chi connectivity index (χ0n) is 16.0. The maximum Gasteiger partial charge on any atom is 0.226 e. The third-order valence-electron chi connectivity index (χ3n) is 4.67. The highest BCUT2D eigenvalue weighted by atomic mass is 79.9. The number of rotatable bonds is 7. The van der Waals surface area contributed by atoms with E-state index in [9.17, 15) is 0 Å². The number of fused-ring (bicyclic) bond motifs is 1. The topological polar surface area (TPSA) is 93.7 Å². The summed E-state index contributed by atoms with van der Waals surface area (Å²) in [4.78, 5) is 9.27. The van der Waals surface area contributed by atoms with Crippen LogP contribution in [0.4, 0.5) is 11.8 Å². The Morgan fingerprint density at radius 1 is 1.03 bits per heavy atom. The van der Waals surface area contributed by atoms with Crippen molar-refractivity contribution in [3.8, 4) is 0 Å². The molecule has 0 amide bonds. The molecular formula is C21H22BrN7. The maximum atomic E-state index is 6.30. The molecule has 0 radical (unpaired) electrons. The van der Waals surface area contributed by atoms with Gasteiger partial charge in [0.25, 0.3) is 0 Å². The lowest BCUT2D eigenvalue weighted by Gasteiger charge is -2.14. The average molecular weight is 452 g/mol. The summed E-state index contributed by atoms with van der Waals surface area (Å²) in [6, 6.07) is 18.0. The van der Waals surface area contributed by atoms with Gasteiger partial charge in [-0.05, 0) is 23.3 Å². The Kier molecular flexibility index (Phi) is 5.73. The van der Waals surface area contributed by atoms with E-state index in [2.05, 4.69) is 53.8 Å². The van der Waals surface area contributed by atoms with Crippen molar-refractivity contribution in [2.75, 3.05) is 17.2 Å². The van der Waals surface area contributed by atoms with Crippen LogP contribution >= 0.6 is 15.9 Å². The van der Waals surface area contributed by atoms with E-state index in [4.69, 9.17) is 5.73 Å². The molecule has 7 nitrogen and oxygen atoms in total. The first-order chi connectivity index (χ1) is 14.1. The predicted octanol–water partition coefficient (Wildman–Crippen LogP) is 3.85. The van der Waals surface area contributed by atoms with Crippen LogP contribution in [-0.4, -0.2) is 26.3 Å². The van der Waals surface area contributed by atoms with Crippen molar-refractivity contribution in [2.24, 2.45) is 12.8 Å². The van der Waals surface area contributed by atoms with Gasteiger partial charge in [-0.25, -0.2) is 0 Å². The lowest BCUT2D eigenvalue weighted by Crippen LogP contribution is -2.21. The van der Waals surface area contributed by atoms with Gasteiger partial charge >= 0.3 is 0 Å². The van der Waals surface area contributed by atoms with Gasteiger partial charge in [-0.1, -0.05) is 58.4 Å². The molecular weight excluding hydrogens is 430 g/mol. The zero-order valence-corrected chi connectivity index (χ0v) is 17.6. The number of nitrogens with two attached hydrogens (primary N) is 1. The van der Waals surface area contributed by atoms with Crippen LogP contribution in [0.3, 0.4) is 0 Å². The molecule has 1 unspecified atom stereocenters. The molecule has 0 saturated carbocycles. The summed E-state index contributed by atoms with van der Waals surface area (Å²) in [6.07, 6.45) is 1.78. The van der Waals surface area contributed by atoms with Crippen molar-refractivity contribution in [3.63, 3.8) is 0 Å². The van der Waals surface area contributed by atoms with Crippen LogP contribution in [-0.2, 0) is 13.6 Å². The highest BCUT2D eigenvalue weighted by Gasteiger charge is 2.13. The monoisotopic (exact) mass is 451 g/mol. The van der Waals surface area contributed by atoms with Gasteiger partial charge in [-0.3, -0.25) is 4.68 Å². The number of benzene rings is 2. The van der Waals surface area contributed by atoms with Gasteiger partial charge in [-0.2, -0.15) is 15.1 Å². The third kappa shape index (κ3) is 4.55. The van der Waals surface area contributed by atoms with Crippen LogP contribution < -0.4 is 16.4 Å². The average Bonchev–Trinajstić information content (AvgIpc) is 3.13. The van der Waals surface area contributed by atoms with E-state index in [1.165, 1.54) is 0 Å². The second-order valence-corrected chi connectivity index (χ2v) is 7.70. The fourth-order valence-electron chi connectivity index (χ4n) is 3.04. The summed E-state index contributed by atoms with van der Waals surface area (Å²) in [5.41, 5.74) is 9.28. The van der Waals surface area contributed by atoms with Crippen molar-refractivity contribution in [2.45, 2.75) is 12.6 Å². The van der Waals surface area contributed by atoms with Gasteiger partial charge in [0.1, 0.15) is 5.82 Å². The standard InChI is InChI=1S/C21H22BrN7/c1-29-20-17(12-26-29)19(24-11-14-7-9-16(22)10-8-14)27-21(28-20)25-13-18(23)15-5-3-2-4-6-15/h2-10,12,18H,11,13,23H2,1H3,(H2,24,25,27,28). The van der Waals surface area contributed by atoms with Crippen molar-refractivity contribution in [1.82, 2.24) is 19.7 Å². The van der Waals surface area contributed by atoms with E-state index in [-0.39, 0.29) is 6.04 Å². The Morgan fingerprint density at radius 2 is 1.79 bits per heavy atom. The first-order valence-electron chi connectivity index (χ1n) is 9.32. The third-order valence-corrected chi connectivity index (χ3v) is 5.20. The SMILES string of the molecule is Cn1ncc2c(NCc3ccc(Br)cc3)nc(NCC(N)c3ccccc3)nc21. The number of halogens is 1. The van der Waals surface area contributed by atoms with Gasteiger partial charge in [0, 0.05) is 30.7 Å². The Labute approximate surface area is 177 Å². The minimum atomic E-state index is -0.152. The van der Waals surface area contributed by atoms with Crippen molar-refractivity contribution in [3.05, 3.63) is 76.4 Å². The molecule has 0 fully saturated rings. The second-order valence-electron chi connectivity index (χ2n) is 6.78. The molecule has 2 heterocycles. The Hall–Kier alpha value is -2.97. The summed E-state index contributed by atoms with van der Waals surface area (Å²) < 4.78 is 2.79. The van der Waals surface area contributed by atoms with Crippen molar-refractivity contribution >= 4 is 38.7 Å². The van der Waals surface area contributed by atoms with Crippen molar-refractivity contribution in [1.29, 1.82) is 0 Å². The smallest absolute Gasteiger partial charge is 0.226 e. The van der Waals surface area contributed by atoms with Crippen LogP contribution in [0.1, 0.15) is 17.2 Å². The molecule has 0 aliphatic carbocycles. The van der Waals surface area contributed by atoms with Crippen LogP contribution in [0.25, 0.3) is 11.0 Å². The molecule has 4 N–H and O–H groups in total. The van der Waals surface area contributed by atoms with Crippen molar-refractivity contribution < 1.29 is 0 Å². The van der Waals surface area contributed by atoms with Crippen LogP contribution in [0.5, 0.6) is 0 Å². The quantitative estimate of drug-likeness (QED) is 0.395. The normalized spacial score (nSPS) is 12.1. The molecule has 8 heteroatoms. The van der Waals surface area contributed by atoms with E-state index in [0.29, 0.717) is 19.0 Å². The minimum absolute atomic E-state index is 0.152. The van der Waals surface area contributed by atoms with E-state index >= 15 is 0 Å². The van der Waals surface area contributed by atoms with E-state index < -0.39 is 0 Å². The molecule has 2 aromatic carbocycles. The van der Waals surface area contributed by atoms with E-state index in [0.717, 1.165) is 32.5 Å². The number of aryl methyl sites for hydroxylation is 1. The highest BCUT2D eigenvalue weighted by molar-refractivity contribution is 9.10. The first-order valence-corrected chi connectivity index (χ1v) is 10.1. The molecule has 1 atom stereocenters. The van der Waals surface area contributed by atoms with Crippen LogP contribution in [0.2, 0.25) is 0 Å². The molecule has 4 rings (SSSR count). The molecule has 0 saturated heterocycles. The lowest BCUT2D eigenvalue weighted by atomic mass is 10.1. The molecule has 0 aliphatic heterocycles. The van der Waals surface area contributed by atoms with Gasteiger partial charge in [0.05, 0.1) is 11.6 Å². The summed E-state index contributed by atoms with van der Waals surface area (Å²) in [5.74, 6) is 1.26. The predicted molar refractivity (Wildman–Crippen MR) is 120 cm³/mol. The molecule has 4 aromatic rings. The molecule has 2 aromatic heterocycles. The number of aromatic nitrogens is 4. The minimum Gasteiger partial charge on any atom is -0.365 e. The first kappa shape index (κ1) is 19.4. The number of hydrogen-bond acceptors (Lipinski definition) is 6. The Bertz CT molecular complexity index is 1090. The Balaban J connectivity index is 1.53. The number of nitrogens with zero attached hydrogens (tertiary/aromatic N) is 4. The summed E-state index contributed by atoms with van der Waals surface area (Å²) in [7, 11) is 1.87. The summed E-state index contributed by atoms with van der Waals surface area (Å²) >= 11 is 3.46. The zero-order chi connectivity index (χ0) is 20.2. The fraction of sp³-hybridized carbons (Fsp3) is 0.190. The molecule has 29 heavy (non-hydrogen) atoms. The van der Waals surface area contributed by atoms with Crippen LogP contribution in [0, 0.1) is 0 Å². The second kappa shape index (κ2) is 8.59. The van der Waals surface area contributed by atoms with E-state index in [1.807, 2.05) is 49.5 Å². The highest BCUT2D eigenvalue weighted by Crippen LogP contribution is 2.23. The number of anilines is 2. The molecule has 0 spiro atoms. The number of nitrogens with one attached hydrogen (secondary N) is 2. The Morgan fingerprint density at radius 3 is 2.55 bits per heavy atom. The molecule has 148 valence electrons. The molecule has 0 bridgehead atoms. The number of hydrogen-bond donors (Lipinski definition) is 3. The molecule has 0 aliphatic rings. The van der Waals surface area contributed by atoms with Gasteiger partial charge in [-0.15, -0.1) is 0 Å².